The molecule has 1 saturated carbocycles. The molecular weight excluding hydrogens is 280 g/mol. The van der Waals surface area contributed by atoms with Crippen LogP contribution in [0.4, 0.5) is 5.69 Å². The molecule has 1 N–H and O–H groups in total. The summed E-state index contributed by atoms with van der Waals surface area (Å²) < 4.78 is 0. The highest BCUT2D eigenvalue weighted by Gasteiger charge is 2.23. The van der Waals surface area contributed by atoms with Crippen molar-refractivity contribution in [2.24, 2.45) is 0 Å². The summed E-state index contributed by atoms with van der Waals surface area (Å²) in [7, 11) is 0. The van der Waals surface area contributed by atoms with Crippen LogP contribution in [0.25, 0.3) is 0 Å². The second kappa shape index (κ2) is 8.65. The van der Waals surface area contributed by atoms with Gasteiger partial charge >= 0.3 is 0 Å². The van der Waals surface area contributed by atoms with Crippen LogP contribution in [0.1, 0.15) is 57.9 Å². The molecule has 0 spiro atoms. The number of hydrogen-bond donors (Lipinski definition) is 1. The number of para-hydroxylation sites is 1. The summed E-state index contributed by atoms with van der Waals surface area (Å²) in [6.07, 6.45) is 7.88. The summed E-state index contributed by atoms with van der Waals surface area (Å²) in [5.74, 6) is 0. The highest BCUT2D eigenvalue weighted by Crippen LogP contribution is 2.35. The van der Waals surface area contributed by atoms with Gasteiger partial charge in [-0.3, -0.25) is 0 Å². The van der Waals surface area contributed by atoms with E-state index in [2.05, 4.69) is 36.2 Å². The lowest BCUT2D eigenvalue weighted by Gasteiger charge is -2.37. The average Bonchev–Trinajstić information content (AvgIpc) is 2.52. The Morgan fingerprint density at radius 2 is 1.95 bits per heavy atom. The number of halogens is 1. The summed E-state index contributed by atoms with van der Waals surface area (Å²) in [5, 5.41) is 4.42. The lowest BCUT2D eigenvalue weighted by atomic mass is 9.93. The van der Waals surface area contributed by atoms with Crippen LogP contribution >= 0.6 is 11.6 Å². The van der Waals surface area contributed by atoms with E-state index in [-0.39, 0.29) is 0 Å². The van der Waals surface area contributed by atoms with E-state index in [1.54, 1.807) is 0 Å². The average molecular weight is 309 g/mol. The molecule has 1 aliphatic carbocycles. The van der Waals surface area contributed by atoms with Crippen molar-refractivity contribution in [3.63, 3.8) is 0 Å². The predicted molar refractivity (Wildman–Crippen MR) is 93.3 cm³/mol. The van der Waals surface area contributed by atoms with Gasteiger partial charge in [0.05, 0.1) is 10.7 Å². The zero-order valence-corrected chi connectivity index (χ0v) is 14.3. The van der Waals surface area contributed by atoms with Crippen LogP contribution in [0.3, 0.4) is 0 Å². The minimum Gasteiger partial charge on any atom is -0.367 e. The Morgan fingerprint density at radius 1 is 1.19 bits per heavy atom. The molecular formula is C18H29ClN2. The minimum absolute atomic E-state index is 0.661. The van der Waals surface area contributed by atoms with Gasteiger partial charge < -0.3 is 10.2 Å². The van der Waals surface area contributed by atoms with E-state index in [1.807, 2.05) is 6.07 Å². The molecule has 0 unspecified atom stereocenters. The highest BCUT2D eigenvalue weighted by atomic mass is 35.5. The second-order valence-electron chi connectivity index (χ2n) is 6.00. The van der Waals surface area contributed by atoms with Gasteiger partial charge in [-0.1, -0.05) is 49.9 Å². The third kappa shape index (κ3) is 4.37. The van der Waals surface area contributed by atoms with E-state index >= 15 is 0 Å². The van der Waals surface area contributed by atoms with Gasteiger partial charge in [0.1, 0.15) is 0 Å². The summed E-state index contributed by atoms with van der Waals surface area (Å²) in [5.41, 5.74) is 2.60. The number of rotatable bonds is 7. The van der Waals surface area contributed by atoms with E-state index in [0.29, 0.717) is 6.04 Å². The smallest absolute Gasteiger partial charge is 0.0643 e. The van der Waals surface area contributed by atoms with Crippen LogP contribution in [0.15, 0.2) is 18.2 Å². The van der Waals surface area contributed by atoms with E-state index < -0.39 is 0 Å². The van der Waals surface area contributed by atoms with Gasteiger partial charge in [0.25, 0.3) is 0 Å². The number of anilines is 1. The molecule has 118 valence electrons. The lowest BCUT2D eigenvalue weighted by Crippen LogP contribution is -2.37. The van der Waals surface area contributed by atoms with Crippen molar-refractivity contribution in [1.29, 1.82) is 0 Å². The zero-order chi connectivity index (χ0) is 15.1. The molecule has 1 aromatic carbocycles. The quantitative estimate of drug-likeness (QED) is 0.713. The molecule has 21 heavy (non-hydrogen) atoms. The zero-order valence-electron chi connectivity index (χ0n) is 13.5. The monoisotopic (exact) mass is 308 g/mol. The molecule has 1 fully saturated rings. The van der Waals surface area contributed by atoms with Crippen LogP contribution in [0.2, 0.25) is 5.02 Å². The van der Waals surface area contributed by atoms with Crippen LogP contribution in [0, 0.1) is 0 Å². The minimum atomic E-state index is 0.661. The first kappa shape index (κ1) is 16.6. The maximum absolute atomic E-state index is 6.57. The molecule has 2 rings (SSSR count). The van der Waals surface area contributed by atoms with Crippen molar-refractivity contribution in [1.82, 2.24) is 5.32 Å². The summed E-state index contributed by atoms with van der Waals surface area (Å²) in [6, 6.07) is 6.98. The van der Waals surface area contributed by atoms with Crippen molar-refractivity contribution >= 4 is 17.3 Å². The van der Waals surface area contributed by atoms with E-state index in [1.165, 1.54) is 43.4 Å². The Morgan fingerprint density at radius 3 is 2.62 bits per heavy atom. The van der Waals surface area contributed by atoms with Gasteiger partial charge in [0.2, 0.25) is 0 Å². The van der Waals surface area contributed by atoms with Crippen molar-refractivity contribution in [3.8, 4) is 0 Å². The maximum Gasteiger partial charge on any atom is 0.0643 e. The normalized spacial score (nSPS) is 16.1. The molecule has 2 nitrogen and oxygen atoms in total. The van der Waals surface area contributed by atoms with Crippen molar-refractivity contribution < 1.29 is 0 Å². The fourth-order valence-electron chi connectivity index (χ4n) is 3.42. The summed E-state index contributed by atoms with van der Waals surface area (Å²) >= 11 is 6.57. The van der Waals surface area contributed by atoms with Gasteiger partial charge in [-0.15, -0.1) is 0 Å². The Balaban J connectivity index is 2.21. The molecule has 1 aliphatic rings. The molecule has 1 aromatic rings. The van der Waals surface area contributed by atoms with Gasteiger partial charge in [-0.2, -0.15) is 0 Å². The Labute approximate surface area is 134 Å². The fraction of sp³-hybridized carbons (Fsp3) is 0.667. The van der Waals surface area contributed by atoms with Crippen LogP contribution < -0.4 is 10.2 Å². The van der Waals surface area contributed by atoms with E-state index in [4.69, 9.17) is 11.6 Å². The number of hydrogen-bond acceptors (Lipinski definition) is 2. The first-order valence-electron chi connectivity index (χ1n) is 8.52. The molecule has 0 aliphatic heterocycles. The molecule has 0 bridgehead atoms. The molecule has 0 saturated heterocycles. The van der Waals surface area contributed by atoms with Gasteiger partial charge in [-0.25, -0.2) is 0 Å². The van der Waals surface area contributed by atoms with Crippen LogP contribution in [-0.2, 0) is 6.54 Å². The largest absolute Gasteiger partial charge is 0.367 e. The Hall–Kier alpha value is -0.730. The molecule has 0 heterocycles. The topological polar surface area (TPSA) is 15.3 Å². The summed E-state index contributed by atoms with van der Waals surface area (Å²) in [6.45, 7) is 7.46. The Bertz CT molecular complexity index is 427. The van der Waals surface area contributed by atoms with Crippen LogP contribution in [-0.4, -0.2) is 19.1 Å². The maximum atomic E-state index is 6.57. The van der Waals surface area contributed by atoms with Crippen molar-refractivity contribution in [3.05, 3.63) is 28.8 Å². The second-order valence-corrected chi connectivity index (χ2v) is 6.41. The van der Waals surface area contributed by atoms with Gasteiger partial charge in [0.15, 0.2) is 0 Å². The lowest BCUT2D eigenvalue weighted by molar-refractivity contribution is 0.417. The van der Waals surface area contributed by atoms with E-state index in [0.717, 1.165) is 31.1 Å². The molecule has 0 atom stereocenters. The first-order valence-corrected chi connectivity index (χ1v) is 8.90. The first-order chi connectivity index (χ1) is 10.3. The van der Waals surface area contributed by atoms with Gasteiger partial charge in [-0.05, 0) is 44.4 Å². The molecule has 0 amide bonds. The summed E-state index contributed by atoms with van der Waals surface area (Å²) in [4.78, 5) is 2.55. The molecule has 3 heteroatoms. The van der Waals surface area contributed by atoms with Crippen molar-refractivity contribution in [2.45, 2.75) is 65.0 Å². The molecule has 0 aromatic heterocycles. The SMILES string of the molecule is CCCNCc1cccc(Cl)c1N(CC)C1CCCCC1. The van der Waals surface area contributed by atoms with Crippen molar-refractivity contribution in [2.75, 3.05) is 18.0 Å². The standard InChI is InChI=1S/C18H29ClN2/c1-3-13-20-14-15-9-8-12-17(19)18(15)21(4-2)16-10-6-5-7-11-16/h8-9,12,16,20H,3-7,10-11,13-14H2,1-2H3. The number of nitrogens with zero attached hydrogens (tertiary/aromatic N) is 1. The predicted octanol–water partition coefficient (Wildman–Crippen LogP) is 5.00. The highest BCUT2D eigenvalue weighted by molar-refractivity contribution is 6.33. The number of benzene rings is 1. The van der Waals surface area contributed by atoms with Gasteiger partial charge in [0, 0.05) is 19.1 Å². The van der Waals surface area contributed by atoms with Crippen LogP contribution in [0.5, 0.6) is 0 Å². The van der Waals surface area contributed by atoms with E-state index in [9.17, 15) is 0 Å². The molecule has 0 radical (unpaired) electrons. The third-order valence-electron chi connectivity index (χ3n) is 4.46. The Kier molecular flexibility index (Phi) is 6.85. The fourth-order valence-corrected chi connectivity index (χ4v) is 3.72. The third-order valence-corrected chi connectivity index (χ3v) is 4.76. The number of nitrogens with one attached hydrogen (secondary N) is 1.